The van der Waals surface area contributed by atoms with Crippen molar-refractivity contribution in [2.75, 3.05) is 6.16 Å². The van der Waals surface area contributed by atoms with Gasteiger partial charge in [-0.1, -0.05) is 46.6 Å². The fourth-order valence-electron chi connectivity index (χ4n) is 1.09. The van der Waals surface area contributed by atoms with Gasteiger partial charge in [0, 0.05) is 0 Å². The number of rotatable bonds is 7. The minimum Gasteiger partial charge on any atom is -0.811 e. The maximum Gasteiger partial charge on any atom is 2.00 e. The van der Waals surface area contributed by atoms with Gasteiger partial charge in [0.2, 0.25) is 0 Å². The van der Waals surface area contributed by atoms with Gasteiger partial charge in [-0.15, -0.1) is 0 Å². The Kier molecular flexibility index (Phi) is 11.4. The van der Waals surface area contributed by atoms with E-state index in [0.717, 1.165) is 19.3 Å². The van der Waals surface area contributed by atoms with E-state index in [4.69, 9.17) is 0 Å². The van der Waals surface area contributed by atoms with Gasteiger partial charge in [0.15, 0.2) is 0 Å². The number of unbranched alkanes of at least 4 members (excludes halogenated alkanes) is 5. The zero-order valence-electron chi connectivity index (χ0n) is 7.98. The molecule has 0 aromatic rings. The van der Waals surface area contributed by atoms with Crippen molar-refractivity contribution in [1.82, 2.24) is 0 Å². The molecule has 3 nitrogen and oxygen atoms in total. The number of hydrogen-bond acceptors (Lipinski definition) is 3. The minimum atomic E-state index is -4.22. The molecule has 0 radical (unpaired) electrons. The summed E-state index contributed by atoms with van der Waals surface area (Å²) in [5.74, 6) is 0. The topological polar surface area (TPSA) is 63.2 Å². The molecule has 0 aromatic carbocycles. The molecule has 0 N–H and O–H groups in total. The van der Waals surface area contributed by atoms with Gasteiger partial charge >= 0.3 is 17.1 Å². The smallest absolute Gasteiger partial charge is 0.811 e. The van der Waals surface area contributed by atoms with Gasteiger partial charge in [-0.25, -0.2) is 0 Å². The number of hydrogen-bond donors (Lipinski definition) is 0. The first-order valence-electron chi connectivity index (χ1n) is 4.57. The molecule has 0 unspecified atom stereocenters. The molecular weight excluding hydrogens is 231 g/mol. The van der Waals surface area contributed by atoms with E-state index in [2.05, 4.69) is 6.92 Å². The Bertz CT molecular complexity index is 146. The van der Waals surface area contributed by atoms with Crippen LogP contribution in [-0.2, 0) is 21.6 Å². The first kappa shape index (κ1) is 16.1. The summed E-state index contributed by atoms with van der Waals surface area (Å²) in [7, 11) is -4.22. The molecule has 0 aliphatic rings. The Morgan fingerprint density at radius 3 is 1.92 bits per heavy atom. The van der Waals surface area contributed by atoms with Crippen LogP contribution >= 0.6 is 7.60 Å². The molecule has 0 saturated heterocycles. The van der Waals surface area contributed by atoms with Crippen molar-refractivity contribution in [3.05, 3.63) is 0 Å². The summed E-state index contributed by atoms with van der Waals surface area (Å²) in [6.45, 7) is 2.13. The van der Waals surface area contributed by atoms with Crippen LogP contribution in [0.25, 0.3) is 0 Å². The Morgan fingerprint density at radius 2 is 1.46 bits per heavy atom. The SMILES string of the molecule is CCCCCCCCP(=O)([O-])[O-].[Fe+2]. The van der Waals surface area contributed by atoms with Crippen LogP contribution in [0.1, 0.15) is 45.4 Å². The molecule has 0 saturated carbocycles. The third-order valence-electron chi connectivity index (χ3n) is 1.79. The summed E-state index contributed by atoms with van der Waals surface area (Å²) >= 11 is 0. The first-order chi connectivity index (χ1) is 5.56. The zero-order chi connectivity index (χ0) is 9.45. The Morgan fingerprint density at radius 1 is 1.00 bits per heavy atom. The molecule has 0 aliphatic carbocycles. The van der Waals surface area contributed by atoms with Crippen LogP contribution in [0.4, 0.5) is 0 Å². The molecule has 0 fully saturated rings. The van der Waals surface area contributed by atoms with E-state index in [1.807, 2.05) is 0 Å². The van der Waals surface area contributed by atoms with Gasteiger partial charge < -0.3 is 14.4 Å². The van der Waals surface area contributed by atoms with Gasteiger partial charge in [0.1, 0.15) is 0 Å². The van der Waals surface area contributed by atoms with Crippen molar-refractivity contribution in [3.8, 4) is 0 Å². The summed E-state index contributed by atoms with van der Waals surface area (Å²) < 4.78 is 10.2. The Labute approximate surface area is 90.9 Å². The van der Waals surface area contributed by atoms with Gasteiger partial charge in [-0.2, -0.15) is 0 Å². The van der Waals surface area contributed by atoms with E-state index in [1.54, 1.807) is 0 Å². The van der Waals surface area contributed by atoms with Crippen LogP contribution in [0, 0.1) is 0 Å². The molecule has 0 aliphatic heterocycles. The summed E-state index contributed by atoms with van der Waals surface area (Å²) in [6.07, 6.45) is 5.82. The molecule has 0 aromatic heterocycles. The summed E-state index contributed by atoms with van der Waals surface area (Å²) in [5.41, 5.74) is 0. The van der Waals surface area contributed by atoms with E-state index >= 15 is 0 Å². The second kappa shape index (κ2) is 9.23. The van der Waals surface area contributed by atoms with Crippen LogP contribution in [0.2, 0.25) is 0 Å². The Balaban J connectivity index is 0. The molecule has 13 heavy (non-hydrogen) atoms. The van der Waals surface area contributed by atoms with E-state index < -0.39 is 7.60 Å². The van der Waals surface area contributed by atoms with E-state index in [-0.39, 0.29) is 23.2 Å². The van der Waals surface area contributed by atoms with Crippen LogP contribution < -0.4 is 9.79 Å². The third kappa shape index (κ3) is 15.4. The molecule has 0 bridgehead atoms. The van der Waals surface area contributed by atoms with E-state index in [9.17, 15) is 14.4 Å². The average Bonchev–Trinajstić information content (AvgIpc) is 1.94. The molecule has 5 heteroatoms. The zero-order valence-corrected chi connectivity index (χ0v) is 9.97. The molecule has 0 rings (SSSR count). The van der Waals surface area contributed by atoms with Crippen LogP contribution in [0.5, 0.6) is 0 Å². The van der Waals surface area contributed by atoms with Crippen molar-refractivity contribution in [2.24, 2.45) is 0 Å². The normalized spacial score (nSPS) is 11.0. The minimum absolute atomic E-state index is 0. The maximum absolute atomic E-state index is 10.2. The van der Waals surface area contributed by atoms with Gasteiger partial charge in [-0.05, 0) is 12.6 Å². The first-order valence-corrected chi connectivity index (χ1v) is 6.30. The molecule has 0 atom stereocenters. The monoisotopic (exact) mass is 248 g/mol. The fourth-order valence-corrected chi connectivity index (χ4v) is 1.70. The average molecular weight is 248 g/mol. The maximum atomic E-state index is 10.2. The summed E-state index contributed by atoms with van der Waals surface area (Å²) in [4.78, 5) is 20.4. The van der Waals surface area contributed by atoms with Crippen molar-refractivity contribution in [1.29, 1.82) is 0 Å². The molecular formula is C8H17FeO3P. The van der Waals surface area contributed by atoms with Gasteiger partial charge in [-0.3, -0.25) is 0 Å². The predicted octanol–water partition coefficient (Wildman–Crippen LogP) is 1.26. The van der Waals surface area contributed by atoms with E-state index in [1.165, 1.54) is 12.8 Å². The van der Waals surface area contributed by atoms with Crippen LogP contribution in [0.15, 0.2) is 0 Å². The van der Waals surface area contributed by atoms with E-state index in [0.29, 0.717) is 6.42 Å². The molecule has 0 heterocycles. The second-order valence-electron chi connectivity index (χ2n) is 3.10. The van der Waals surface area contributed by atoms with Gasteiger partial charge in [0.25, 0.3) is 0 Å². The predicted molar refractivity (Wildman–Crippen MR) is 45.8 cm³/mol. The van der Waals surface area contributed by atoms with Crippen LogP contribution in [0.3, 0.4) is 0 Å². The molecule has 80 valence electrons. The fraction of sp³-hybridized carbons (Fsp3) is 1.00. The van der Waals surface area contributed by atoms with Crippen molar-refractivity contribution in [2.45, 2.75) is 45.4 Å². The van der Waals surface area contributed by atoms with Gasteiger partial charge in [0.05, 0.1) is 0 Å². The standard InChI is InChI=1S/C8H19O3P.Fe/c1-2-3-4-5-6-7-8-12(9,10)11;/h2-8H2,1H3,(H2,9,10,11);/q;+2/p-2. The molecule has 0 spiro atoms. The van der Waals surface area contributed by atoms with Crippen LogP contribution in [-0.4, -0.2) is 6.16 Å². The third-order valence-corrected chi connectivity index (χ3v) is 2.65. The van der Waals surface area contributed by atoms with Crippen molar-refractivity contribution >= 4 is 7.60 Å². The largest absolute Gasteiger partial charge is 2.00 e. The molecule has 0 amide bonds. The quantitative estimate of drug-likeness (QED) is 0.387. The van der Waals surface area contributed by atoms with Crippen molar-refractivity contribution < 1.29 is 31.4 Å². The summed E-state index contributed by atoms with van der Waals surface area (Å²) in [6, 6.07) is 0. The second-order valence-corrected chi connectivity index (χ2v) is 4.77. The van der Waals surface area contributed by atoms with Crippen molar-refractivity contribution in [3.63, 3.8) is 0 Å². The Hall–Kier alpha value is 0.669. The summed E-state index contributed by atoms with van der Waals surface area (Å²) in [5, 5.41) is 0.